The van der Waals surface area contributed by atoms with E-state index < -0.39 is 261 Å². The summed E-state index contributed by atoms with van der Waals surface area (Å²) in [5.74, 6) is -3.51. The lowest BCUT2D eigenvalue weighted by atomic mass is 9.92. The van der Waals surface area contributed by atoms with Crippen LogP contribution in [0.2, 0.25) is 0 Å². The number of rotatable bonds is 9. The quantitative estimate of drug-likeness (QED) is 0.0953. The van der Waals surface area contributed by atoms with Gasteiger partial charge in [0.15, 0.2) is 50.1 Å². The minimum absolute atomic E-state index is 1.04. The molecule has 23 aliphatic heterocycles. The van der Waals surface area contributed by atoms with Crippen LogP contribution >= 0.6 is 0 Å². The maximum atomic E-state index is 12.0. The van der Waals surface area contributed by atoms with Gasteiger partial charge in [-0.2, -0.15) is 0 Å². The topological polar surface area (TPSA) is 574 Å². The first-order valence-corrected chi connectivity index (χ1v) is 24.7. The van der Waals surface area contributed by atoms with Gasteiger partial charge in [-0.15, -0.1) is 0 Å². The number of aliphatic hydroxyl groups is 22. The van der Waals surface area contributed by atoms with Crippen molar-refractivity contribution in [1.29, 1.82) is 0 Å². The molecule has 35 atom stereocenters. The summed E-state index contributed by atoms with van der Waals surface area (Å²) in [6.45, 7) is -7.85. The van der Waals surface area contributed by atoms with E-state index in [9.17, 15) is 112 Å². The summed E-state index contributed by atoms with van der Waals surface area (Å²) in [5.41, 5.74) is 0. The monoisotopic (exact) mass is 1150 g/mol. The van der Waals surface area contributed by atoms with Crippen LogP contribution in [0.3, 0.4) is 0 Å². The summed E-state index contributed by atoms with van der Waals surface area (Å²) in [4.78, 5) is 0. The smallest absolute Gasteiger partial charge is 0.227 e. The van der Waals surface area contributed by atoms with Gasteiger partial charge in [0.2, 0.25) is 5.79 Å². The van der Waals surface area contributed by atoms with Crippen molar-refractivity contribution >= 4 is 0 Å². The Morgan fingerprint density at radius 1 is 0.256 bits per heavy atom. The molecule has 23 heterocycles. The molecule has 0 saturated carbocycles. The average molecular weight is 1150 g/mol. The molecular formula is C42H70O36. The van der Waals surface area contributed by atoms with Gasteiger partial charge in [0, 0.05) is 0 Å². The Morgan fingerprint density at radius 3 is 0.744 bits per heavy atom. The molecule has 0 amide bonds. The Hall–Kier alpha value is -1.44. The highest BCUT2D eigenvalue weighted by atomic mass is 16.8. The third kappa shape index (κ3) is 11.7. The summed E-state index contributed by atoms with van der Waals surface area (Å²) in [6, 6.07) is 0. The van der Waals surface area contributed by atoms with Crippen molar-refractivity contribution < 1.29 is 179 Å². The van der Waals surface area contributed by atoms with E-state index in [1.165, 1.54) is 0 Å². The first kappa shape index (κ1) is 62.6. The number of hydrogen-bond acceptors (Lipinski definition) is 36. The second-order valence-corrected chi connectivity index (χ2v) is 19.8. The molecule has 454 valence electrons. The molecule has 23 saturated heterocycles. The Morgan fingerprint density at radius 2 is 0.487 bits per heavy atom. The summed E-state index contributed by atoms with van der Waals surface area (Å²) in [7, 11) is 0. The van der Waals surface area contributed by atoms with Crippen LogP contribution in [-0.2, 0) is 66.3 Å². The normalized spacial score (nSPS) is 55.6. The van der Waals surface area contributed by atoms with Crippen LogP contribution in [0, 0.1) is 0 Å². The van der Waals surface area contributed by atoms with E-state index in [1.807, 2.05) is 0 Å². The van der Waals surface area contributed by atoms with Gasteiger partial charge in [0.25, 0.3) is 0 Å². The van der Waals surface area contributed by atoms with Crippen LogP contribution in [0.5, 0.6) is 0 Å². The van der Waals surface area contributed by atoms with Gasteiger partial charge in [0.05, 0.1) is 46.2 Å². The zero-order valence-corrected chi connectivity index (χ0v) is 40.6. The molecule has 0 aromatic carbocycles. The van der Waals surface area contributed by atoms with E-state index in [0.29, 0.717) is 0 Å². The molecular weight excluding hydrogens is 1080 g/mol. The van der Waals surface area contributed by atoms with Gasteiger partial charge in [-0.25, -0.2) is 0 Å². The van der Waals surface area contributed by atoms with Crippen molar-refractivity contribution in [2.45, 2.75) is 215 Å². The van der Waals surface area contributed by atoms with Crippen molar-refractivity contribution in [1.82, 2.24) is 0 Å². The van der Waals surface area contributed by atoms with Gasteiger partial charge in [-0.05, 0) is 0 Å². The van der Waals surface area contributed by atoms with Gasteiger partial charge in [-0.1, -0.05) is 0 Å². The highest BCUT2D eigenvalue weighted by molar-refractivity contribution is 5.04. The van der Waals surface area contributed by atoms with E-state index in [0.717, 1.165) is 0 Å². The second kappa shape index (κ2) is 25.8. The Kier molecular flexibility index (Phi) is 20.7. The second-order valence-electron chi connectivity index (χ2n) is 19.8. The predicted octanol–water partition coefficient (Wildman–Crippen LogP) is -15.9. The molecule has 23 aliphatic rings. The third-order valence-corrected chi connectivity index (χ3v) is 14.9. The highest BCUT2D eigenvalue weighted by Gasteiger charge is 2.63. The van der Waals surface area contributed by atoms with Crippen LogP contribution in [-0.4, -0.2) is 373 Å². The molecule has 0 aromatic rings. The highest BCUT2D eigenvalue weighted by Crippen LogP contribution is 2.41. The molecule has 0 radical (unpaired) electrons. The first-order chi connectivity index (χ1) is 37.0. The lowest BCUT2D eigenvalue weighted by Crippen LogP contribution is -2.73. The first-order valence-electron chi connectivity index (χ1n) is 24.7. The molecule has 15 unspecified atom stereocenters. The molecule has 0 aromatic heterocycles. The van der Waals surface area contributed by atoms with Crippen molar-refractivity contribution in [3.63, 3.8) is 0 Å². The predicted molar refractivity (Wildman–Crippen MR) is 230 cm³/mol. The molecule has 12 bridgehead atoms. The lowest BCUT2D eigenvalue weighted by molar-refractivity contribution is -0.438. The minimum Gasteiger partial charge on any atom is -0.394 e. The van der Waals surface area contributed by atoms with Crippen molar-refractivity contribution in [2.75, 3.05) is 46.2 Å². The number of ether oxygens (including phenoxy) is 14. The van der Waals surface area contributed by atoms with Crippen molar-refractivity contribution in [3.05, 3.63) is 0 Å². The molecule has 23 fully saturated rings. The maximum Gasteiger partial charge on any atom is 0.227 e. The molecule has 36 nitrogen and oxygen atoms in total. The maximum absolute atomic E-state index is 12.0. The van der Waals surface area contributed by atoms with E-state index in [2.05, 4.69) is 0 Å². The van der Waals surface area contributed by atoms with Crippen molar-refractivity contribution in [3.8, 4) is 0 Å². The van der Waals surface area contributed by atoms with Crippen LogP contribution in [0.25, 0.3) is 0 Å². The van der Waals surface area contributed by atoms with Gasteiger partial charge in [-0.3, -0.25) is 0 Å². The summed E-state index contributed by atoms with van der Waals surface area (Å²) < 4.78 is 79.4. The third-order valence-electron chi connectivity index (χ3n) is 14.9. The summed E-state index contributed by atoms with van der Waals surface area (Å²) >= 11 is 0. The molecule has 36 heteroatoms. The van der Waals surface area contributed by atoms with E-state index in [-0.39, 0.29) is 0 Å². The molecule has 23 rings (SSSR count). The zero-order chi connectivity index (χ0) is 57.0. The summed E-state index contributed by atoms with van der Waals surface area (Å²) in [5, 5.41) is 243. The molecule has 22 N–H and O–H groups in total. The Bertz CT molecular complexity index is 1870. The Balaban J connectivity index is 1.15. The zero-order valence-electron chi connectivity index (χ0n) is 40.6. The van der Waals surface area contributed by atoms with Crippen LogP contribution < -0.4 is 0 Å². The lowest BCUT2D eigenvalue weighted by Gasteiger charge is -2.53. The largest absolute Gasteiger partial charge is 0.394 e. The van der Waals surface area contributed by atoms with Crippen LogP contribution in [0.4, 0.5) is 0 Å². The summed E-state index contributed by atoms with van der Waals surface area (Å²) in [6.07, 6.45) is -72.9. The SMILES string of the molecule is OC[C@H]1O[C@@H]2O[C@H]3C(O)C(O)[C@H](O[C@@H]3CO)O[C@H]3C(O)C(O)[C@H](O[C@@H]3CO)O[C@H]3C(O)C(O)[C@H](O[C@@H]3CO)O[C@H]3C(O)C(O)[C@H](O[C@@H]3CO)O[C@H]3C(O)C(O)C(OC1C(O[C@@]1(O)[C@H](O)[C@@H](CO)OC(O)[C@@H]1O)C2O)O[C@@H]3CO. The van der Waals surface area contributed by atoms with Gasteiger partial charge < -0.3 is 179 Å². The van der Waals surface area contributed by atoms with Crippen molar-refractivity contribution in [2.24, 2.45) is 0 Å². The van der Waals surface area contributed by atoms with E-state index in [4.69, 9.17) is 66.3 Å². The van der Waals surface area contributed by atoms with E-state index >= 15 is 0 Å². The Labute approximate surface area is 439 Å². The van der Waals surface area contributed by atoms with Crippen LogP contribution in [0.15, 0.2) is 0 Å². The average Bonchev–Trinajstić information content (AvgIpc) is 3.46. The van der Waals surface area contributed by atoms with Gasteiger partial charge >= 0.3 is 0 Å². The molecule has 78 heavy (non-hydrogen) atoms. The number of aliphatic hydroxyl groups excluding tert-OH is 21. The van der Waals surface area contributed by atoms with E-state index in [1.54, 1.807) is 0 Å². The standard InChI is InChI=1S/C42H70O36/c43-1-8-26-15(50)20(55)36(66-8)73-27-9(2-44)68-38(22(57)17(27)52)75-29-11(4-46)70-40(24(59)19(29)54)77-31-13(6-48)71-41(25(60)32(31)78-42(64)33(61)14(7-49)65-35(63)34(42)62)76-30-12(5-47)69-39(23(58)18(30)53)74-28-10(3-45)67-37(72-26)21(56)16(28)51/h8-41,43-64H,1-7H2/t8-,9-,10-,11-,12-,13-,14-,15?,16?,17?,18?,19?,20?,21?,22?,23?,24?,25?,26-,27-,28-,29-,30-,31?,32?,33-,34+,35?,36-,37-,38-,39-,40?,41-,42+/m1/s1. The fraction of sp³-hybridized carbons (Fsp3) is 1.00. The minimum atomic E-state index is -3.51. The fourth-order valence-corrected chi connectivity index (χ4v) is 10.5. The van der Waals surface area contributed by atoms with Gasteiger partial charge in [0.1, 0.15) is 159 Å². The number of hydrogen-bond donors (Lipinski definition) is 22. The molecule has 0 spiro atoms. The fourth-order valence-electron chi connectivity index (χ4n) is 10.5. The van der Waals surface area contributed by atoms with Crippen LogP contribution in [0.1, 0.15) is 0 Å². The molecule has 0 aliphatic carbocycles.